The van der Waals surface area contributed by atoms with Crippen molar-refractivity contribution >= 4 is 46.7 Å². The summed E-state index contributed by atoms with van der Waals surface area (Å²) in [6.45, 7) is 10.2. The van der Waals surface area contributed by atoms with Gasteiger partial charge in [-0.3, -0.25) is 20.0 Å². The van der Waals surface area contributed by atoms with Gasteiger partial charge in [0.2, 0.25) is 0 Å². The van der Waals surface area contributed by atoms with Gasteiger partial charge >= 0.3 is 12.1 Å². The van der Waals surface area contributed by atoms with E-state index in [9.17, 15) is 14.4 Å². The second-order valence-corrected chi connectivity index (χ2v) is 11.8. The van der Waals surface area contributed by atoms with Crippen molar-refractivity contribution in [3.8, 4) is 0 Å². The lowest BCUT2D eigenvalue weighted by Crippen LogP contribution is -2.40. The molecule has 3 N–H and O–H groups in total. The number of nitrogens with zero attached hydrogens (tertiary/aromatic N) is 3. The third-order valence-electron chi connectivity index (χ3n) is 6.61. The van der Waals surface area contributed by atoms with E-state index in [-0.39, 0.29) is 11.7 Å². The van der Waals surface area contributed by atoms with Crippen molar-refractivity contribution in [2.45, 2.75) is 39.3 Å². The number of carbonyl (C=O) groups is 3. The molecule has 0 bridgehead atoms. The number of benzene rings is 2. The lowest BCUT2D eigenvalue weighted by Gasteiger charge is -2.28. The molecule has 0 atom stereocenters. The van der Waals surface area contributed by atoms with E-state index < -0.39 is 17.6 Å². The maximum Gasteiger partial charge on any atom is 0.412 e. The van der Waals surface area contributed by atoms with Crippen LogP contribution in [0.5, 0.6) is 0 Å². The molecule has 44 heavy (non-hydrogen) atoms. The van der Waals surface area contributed by atoms with E-state index in [1.165, 1.54) is 0 Å². The predicted molar refractivity (Wildman–Crippen MR) is 171 cm³/mol. The second kappa shape index (κ2) is 15.5. The minimum atomic E-state index is -0.664. The second-order valence-electron chi connectivity index (χ2n) is 11.3. The van der Waals surface area contributed by atoms with Gasteiger partial charge < -0.3 is 25.0 Å². The summed E-state index contributed by atoms with van der Waals surface area (Å²) in [5, 5.41) is 8.92. The molecule has 0 radical (unpaired) electrons. The molecule has 1 saturated heterocycles. The monoisotopic (exact) mass is 622 g/mol. The average molecular weight is 623 g/mol. The number of morpholine rings is 1. The molecule has 1 aromatic heterocycles. The summed E-state index contributed by atoms with van der Waals surface area (Å²) in [5.41, 5.74) is 1.68. The van der Waals surface area contributed by atoms with E-state index in [1.54, 1.807) is 92.5 Å². The Balaban J connectivity index is 1.40. The molecular weight excluding hydrogens is 584 g/mol. The first kappa shape index (κ1) is 32.7. The van der Waals surface area contributed by atoms with Gasteiger partial charge in [-0.2, -0.15) is 0 Å². The number of pyridine rings is 1. The van der Waals surface area contributed by atoms with Crippen LogP contribution in [0.3, 0.4) is 0 Å². The number of aromatic nitrogens is 1. The highest BCUT2D eigenvalue weighted by molar-refractivity contribution is 6.30. The Bertz CT molecular complexity index is 1420. The summed E-state index contributed by atoms with van der Waals surface area (Å²) in [6.07, 6.45) is 1.74. The van der Waals surface area contributed by atoms with Gasteiger partial charge in [-0.05, 0) is 69.2 Å². The fourth-order valence-electron chi connectivity index (χ4n) is 4.50. The van der Waals surface area contributed by atoms with E-state index in [2.05, 4.69) is 25.8 Å². The summed E-state index contributed by atoms with van der Waals surface area (Å²) in [4.78, 5) is 47.0. The largest absolute Gasteiger partial charge is 0.444 e. The molecule has 1 aliphatic heterocycles. The summed E-state index contributed by atoms with van der Waals surface area (Å²) in [7, 11) is 0. The van der Waals surface area contributed by atoms with Crippen LogP contribution in [0.15, 0.2) is 66.9 Å². The number of rotatable bonds is 10. The molecule has 2 heterocycles. The van der Waals surface area contributed by atoms with Crippen LogP contribution in [0.1, 0.15) is 43.2 Å². The number of ether oxygens (including phenoxy) is 2. The van der Waals surface area contributed by atoms with Crippen LogP contribution in [0, 0.1) is 0 Å². The summed E-state index contributed by atoms with van der Waals surface area (Å²) in [6, 6.07) is 16.9. The van der Waals surface area contributed by atoms with E-state index in [1.807, 2.05) is 0 Å². The average Bonchev–Trinajstić information content (AvgIpc) is 2.97. The molecule has 4 rings (SSSR count). The van der Waals surface area contributed by atoms with Gasteiger partial charge in [-0.25, -0.2) is 9.59 Å². The van der Waals surface area contributed by atoms with E-state index in [0.29, 0.717) is 35.2 Å². The molecule has 4 amide bonds. The van der Waals surface area contributed by atoms with Gasteiger partial charge in [-0.15, -0.1) is 0 Å². The van der Waals surface area contributed by atoms with Crippen molar-refractivity contribution in [1.82, 2.24) is 14.8 Å². The first-order chi connectivity index (χ1) is 21.1. The molecule has 2 aromatic carbocycles. The SMILES string of the molecule is CC(C)(C)OC(=O)Nc1ccccc1NC(=O)c1ccc(CN(CCCN2CCOCC2)C(=O)Nc2cccc(Cl)c2)cn1. The Labute approximate surface area is 262 Å². The van der Waals surface area contributed by atoms with Gasteiger partial charge in [0.1, 0.15) is 11.3 Å². The van der Waals surface area contributed by atoms with Crippen LogP contribution >= 0.6 is 11.6 Å². The van der Waals surface area contributed by atoms with Gasteiger partial charge in [-0.1, -0.05) is 35.9 Å². The standard InChI is InChI=1S/C32H39ClN6O5/c1-32(2,3)44-31(42)37-27-11-5-4-10-26(27)36-29(40)28-13-12-23(21-34-28)22-39(15-7-14-38-16-18-43-19-17-38)30(41)35-25-9-6-8-24(33)20-25/h4-6,8-13,20-21H,7,14-19,22H2,1-3H3,(H,35,41)(H,36,40)(H,37,42). The molecule has 0 saturated carbocycles. The molecule has 1 fully saturated rings. The van der Waals surface area contributed by atoms with Crippen LogP contribution in [0.25, 0.3) is 0 Å². The molecular formula is C32H39ClN6O5. The smallest absolute Gasteiger partial charge is 0.412 e. The highest BCUT2D eigenvalue weighted by Gasteiger charge is 2.19. The maximum atomic E-state index is 13.3. The van der Waals surface area contributed by atoms with Crippen LogP contribution in [-0.4, -0.2) is 77.8 Å². The molecule has 1 aliphatic rings. The predicted octanol–water partition coefficient (Wildman–Crippen LogP) is 6.09. The number of anilines is 3. The van der Waals surface area contributed by atoms with E-state index in [0.717, 1.165) is 44.8 Å². The lowest BCUT2D eigenvalue weighted by molar-refractivity contribution is 0.0365. The number of nitrogens with one attached hydrogen (secondary N) is 3. The van der Waals surface area contributed by atoms with Crippen molar-refractivity contribution in [1.29, 1.82) is 0 Å². The van der Waals surface area contributed by atoms with Gasteiger partial charge in [0.05, 0.1) is 24.6 Å². The minimum absolute atomic E-state index is 0.183. The fraction of sp³-hybridized carbons (Fsp3) is 0.375. The zero-order valence-corrected chi connectivity index (χ0v) is 26.0. The van der Waals surface area contributed by atoms with Crippen LogP contribution in [0.4, 0.5) is 26.7 Å². The minimum Gasteiger partial charge on any atom is -0.444 e. The normalized spacial score (nSPS) is 13.5. The summed E-state index contributed by atoms with van der Waals surface area (Å²) < 4.78 is 10.8. The number of para-hydroxylation sites is 2. The Morgan fingerprint density at radius 2 is 1.70 bits per heavy atom. The Morgan fingerprint density at radius 3 is 2.36 bits per heavy atom. The van der Waals surface area contributed by atoms with Crippen molar-refractivity contribution in [2.75, 3.05) is 55.3 Å². The van der Waals surface area contributed by atoms with Crippen molar-refractivity contribution in [3.05, 3.63) is 83.1 Å². The van der Waals surface area contributed by atoms with E-state index in [4.69, 9.17) is 21.1 Å². The van der Waals surface area contributed by atoms with Crippen molar-refractivity contribution < 1.29 is 23.9 Å². The molecule has 0 aliphatic carbocycles. The van der Waals surface area contributed by atoms with Gasteiger partial charge in [0.15, 0.2) is 0 Å². The molecule has 234 valence electrons. The van der Waals surface area contributed by atoms with Crippen LogP contribution in [0.2, 0.25) is 5.02 Å². The van der Waals surface area contributed by atoms with Crippen molar-refractivity contribution in [2.24, 2.45) is 0 Å². The highest BCUT2D eigenvalue weighted by Crippen LogP contribution is 2.23. The van der Waals surface area contributed by atoms with Gasteiger partial charge in [0, 0.05) is 49.6 Å². The Kier molecular flexibility index (Phi) is 11.5. The Morgan fingerprint density at radius 1 is 0.977 bits per heavy atom. The summed E-state index contributed by atoms with van der Waals surface area (Å²) >= 11 is 6.11. The number of carbonyl (C=O) groups excluding carboxylic acids is 3. The first-order valence-corrected chi connectivity index (χ1v) is 14.9. The highest BCUT2D eigenvalue weighted by atomic mass is 35.5. The third kappa shape index (κ3) is 10.5. The fourth-order valence-corrected chi connectivity index (χ4v) is 4.70. The molecule has 11 nitrogen and oxygen atoms in total. The van der Waals surface area contributed by atoms with Crippen molar-refractivity contribution in [3.63, 3.8) is 0 Å². The quantitative estimate of drug-likeness (QED) is 0.250. The molecule has 12 heteroatoms. The van der Waals surface area contributed by atoms with Gasteiger partial charge in [0.25, 0.3) is 5.91 Å². The van der Waals surface area contributed by atoms with E-state index >= 15 is 0 Å². The third-order valence-corrected chi connectivity index (χ3v) is 6.85. The molecule has 3 aromatic rings. The number of urea groups is 1. The first-order valence-electron chi connectivity index (χ1n) is 14.5. The zero-order valence-electron chi connectivity index (χ0n) is 25.3. The number of amides is 4. The molecule has 0 unspecified atom stereocenters. The summed E-state index contributed by atoms with van der Waals surface area (Å²) in [5.74, 6) is -0.448. The number of hydrogen-bond donors (Lipinski definition) is 3. The topological polar surface area (TPSA) is 125 Å². The maximum absolute atomic E-state index is 13.3. The lowest BCUT2D eigenvalue weighted by atomic mass is 10.2. The Hall–Kier alpha value is -4.19. The number of halogens is 1. The van der Waals surface area contributed by atoms with Crippen LogP contribution < -0.4 is 16.0 Å². The molecule has 0 spiro atoms. The zero-order chi connectivity index (χ0) is 31.5. The van der Waals surface area contributed by atoms with Crippen LogP contribution in [-0.2, 0) is 16.0 Å². The number of hydrogen-bond acceptors (Lipinski definition) is 7.